The van der Waals surface area contributed by atoms with Crippen LogP contribution in [0.4, 0.5) is 0 Å². The third-order valence-electron chi connectivity index (χ3n) is 6.02. The summed E-state index contributed by atoms with van der Waals surface area (Å²) < 4.78 is 11.9. The molecule has 0 heterocycles. The minimum atomic E-state index is 0. The van der Waals surface area contributed by atoms with Crippen molar-refractivity contribution in [3.05, 3.63) is 47.5 Å². The quantitative estimate of drug-likeness (QED) is 0.311. The van der Waals surface area contributed by atoms with Crippen molar-refractivity contribution < 1.29 is 14.7 Å². The molecular formula is C25H36ClN3O3. The first-order valence-corrected chi connectivity index (χ1v) is 11.4. The highest BCUT2D eigenvalue weighted by atomic mass is 35.5. The molecule has 2 aromatic carbocycles. The van der Waals surface area contributed by atoms with E-state index in [1.54, 1.807) is 0 Å². The van der Waals surface area contributed by atoms with E-state index in [4.69, 9.17) is 9.47 Å². The third-order valence-corrected chi connectivity index (χ3v) is 6.02. The van der Waals surface area contributed by atoms with Gasteiger partial charge < -0.3 is 24.5 Å². The van der Waals surface area contributed by atoms with Crippen molar-refractivity contribution in [3.63, 3.8) is 0 Å². The first kappa shape index (κ1) is 26.0. The van der Waals surface area contributed by atoms with Crippen LogP contribution in [-0.4, -0.2) is 73.2 Å². The fourth-order valence-electron chi connectivity index (χ4n) is 4.01. The fourth-order valence-corrected chi connectivity index (χ4v) is 4.01. The van der Waals surface area contributed by atoms with Gasteiger partial charge in [-0.05, 0) is 73.7 Å². The van der Waals surface area contributed by atoms with Crippen LogP contribution >= 0.6 is 12.4 Å². The van der Waals surface area contributed by atoms with Crippen LogP contribution in [0.15, 0.2) is 41.6 Å². The van der Waals surface area contributed by atoms with Crippen molar-refractivity contribution in [2.24, 2.45) is 5.16 Å². The number of benzene rings is 2. The summed E-state index contributed by atoms with van der Waals surface area (Å²) in [5.41, 5.74) is 4.44. The molecule has 0 atom stereocenters. The number of fused-ring (bicyclic) bond motifs is 3. The molecule has 0 bridgehead atoms. The Balaban J connectivity index is 0.00000363. The molecule has 3 rings (SSSR count). The molecule has 0 spiro atoms. The van der Waals surface area contributed by atoms with E-state index in [1.807, 2.05) is 36.4 Å². The van der Waals surface area contributed by atoms with Crippen LogP contribution in [0.1, 0.15) is 38.8 Å². The van der Waals surface area contributed by atoms with Gasteiger partial charge in [0.05, 0.1) is 0 Å². The monoisotopic (exact) mass is 461 g/mol. The largest absolute Gasteiger partial charge is 0.492 e. The molecule has 0 saturated carbocycles. The maximum atomic E-state index is 9.76. The lowest BCUT2D eigenvalue weighted by Gasteiger charge is -2.18. The summed E-state index contributed by atoms with van der Waals surface area (Å²) in [6.07, 6.45) is 0. The summed E-state index contributed by atoms with van der Waals surface area (Å²) >= 11 is 0. The summed E-state index contributed by atoms with van der Waals surface area (Å²) in [6.45, 7) is 15.7. The van der Waals surface area contributed by atoms with E-state index in [-0.39, 0.29) is 12.4 Å². The lowest BCUT2D eigenvalue weighted by Crippen LogP contribution is -2.27. The fraction of sp³-hybridized carbons (Fsp3) is 0.480. The van der Waals surface area contributed by atoms with E-state index in [1.165, 1.54) is 0 Å². The number of likely N-dealkylation sites (N-methyl/N-ethyl adjacent to an activating group) is 2. The van der Waals surface area contributed by atoms with Gasteiger partial charge in [0, 0.05) is 24.2 Å². The molecule has 0 amide bonds. The molecule has 0 radical (unpaired) electrons. The zero-order valence-electron chi connectivity index (χ0n) is 19.6. The van der Waals surface area contributed by atoms with Gasteiger partial charge in [-0.2, -0.15) is 0 Å². The Morgan fingerprint density at radius 1 is 0.688 bits per heavy atom. The Hall–Kier alpha value is -2.28. The minimum absolute atomic E-state index is 0. The summed E-state index contributed by atoms with van der Waals surface area (Å²) in [5.74, 6) is 1.58. The van der Waals surface area contributed by atoms with Crippen LogP contribution in [0.25, 0.3) is 11.1 Å². The van der Waals surface area contributed by atoms with E-state index in [0.717, 1.165) is 73.0 Å². The molecule has 0 unspecified atom stereocenters. The maximum Gasteiger partial charge on any atom is 0.120 e. The highest BCUT2D eigenvalue weighted by molar-refractivity contribution is 6.24. The average molecular weight is 462 g/mol. The second kappa shape index (κ2) is 12.7. The van der Waals surface area contributed by atoms with E-state index < -0.39 is 0 Å². The van der Waals surface area contributed by atoms with Crippen molar-refractivity contribution >= 4 is 18.1 Å². The molecule has 0 aromatic heterocycles. The highest BCUT2D eigenvalue weighted by Gasteiger charge is 2.26. The SMILES string of the molecule is CCN(CC)CCOc1ccc2c(c1)C(=NO)c1cc(OCCN(CC)CC)ccc1-2.Cl. The van der Waals surface area contributed by atoms with Gasteiger partial charge in [-0.1, -0.05) is 32.9 Å². The Labute approximate surface area is 198 Å². The number of ether oxygens (including phenoxy) is 2. The predicted molar refractivity (Wildman–Crippen MR) is 133 cm³/mol. The van der Waals surface area contributed by atoms with Crippen LogP contribution < -0.4 is 9.47 Å². The van der Waals surface area contributed by atoms with Crippen LogP contribution in [-0.2, 0) is 0 Å². The van der Waals surface area contributed by atoms with Crippen molar-refractivity contribution in [1.82, 2.24) is 9.80 Å². The second-order valence-corrected chi connectivity index (χ2v) is 7.61. The minimum Gasteiger partial charge on any atom is -0.492 e. The number of nitrogens with zero attached hydrogens (tertiary/aromatic N) is 3. The van der Waals surface area contributed by atoms with E-state index in [2.05, 4.69) is 42.7 Å². The van der Waals surface area contributed by atoms with E-state index in [0.29, 0.717) is 18.9 Å². The van der Waals surface area contributed by atoms with Gasteiger partial charge in [-0.15, -0.1) is 12.4 Å². The summed E-state index contributed by atoms with van der Waals surface area (Å²) in [4.78, 5) is 4.65. The lowest BCUT2D eigenvalue weighted by atomic mass is 10.1. The Morgan fingerprint density at radius 3 is 1.44 bits per heavy atom. The van der Waals surface area contributed by atoms with Crippen LogP contribution in [0, 0.1) is 0 Å². The Bertz CT molecular complexity index is 826. The van der Waals surface area contributed by atoms with Gasteiger partial charge in [-0.25, -0.2) is 0 Å². The summed E-state index contributed by atoms with van der Waals surface area (Å²) in [7, 11) is 0. The number of hydrogen-bond donors (Lipinski definition) is 1. The van der Waals surface area contributed by atoms with Crippen molar-refractivity contribution in [3.8, 4) is 22.6 Å². The molecule has 1 aliphatic carbocycles. The predicted octanol–water partition coefficient (Wildman–Crippen LogP) is 4.76. The van der Waals surface area contributed by atoms with Gasteiger partial charge in [0.15, 0.2) is 0 Å². The molecule has 176 valence electrons. The topological polar surface area (TPSA) is 57.5 Å². The Morgan fingerprint density at radius 2 is 1.09 bits per heavy atom. The highest BCUT2D eigenvalue weighted by Crippen LogP contribution is 2.40. The Kier molecular flexibility index (Phi) is 10.3. The molecule has 2 aromatic rings. The second-order valence-electron chi connectivity index (χ2n) is 7.61. The lowest BCUT2D eigenvalue weighted by molar-refractivity contribution is 0.223. The summed E-state index contributed by atoms with van der Waals surface area (Å²) in [5, 5.41) is 13.4. The molecule has 0 aliphatic heterocycles. The molecule has 32 heavy (non-hydrogen) atoms. The van der Waals surface area contributed by atoms with Crippen LogP contribution in [0.2, 0.25) is 0 Å². The number of halogens is 1. The maximum absolute atomic E-state index is 9.76. The molecule has 6 nitrogen and oxygen atoms in total. The van der Waals surface area contributed by atoms with Crippen molar-refractivity contribution in [1.29, 1.82) is 0 Å². The smallest absolute Gasteiger partial charge is 0.120 e. The van der Waals surface area contributed by atoms with Gasteiger partial charge in [-0.3, -0.25) is 0 Å². The molecule has 0 fully saturated rings. The van der Waals surface area contributed by atoms with E-state index >= 15 is 0 Å². The zero-order valence-corrected chi connectivity index (χ0v) is 20.5. The van der Waals surface area contributed by atoms with Gasteiger partial charge >= 0.3 is 0 Å². The third kappa shape index (κ3) is 5.94. The normalized spacial score (nSPS) is 11.9. The van der Waals surface area contributed by atoms with Gasteiger partial charge in [0.2, 0.25) is 0 Å². The van der Waals surface area contributed by atoms with Gasteiger partial charge in [0.25, 0.3) is 0 Å². The molecule has 0 saturated heterocycles. The number of oxime groups is 1. The van der Waals surface area contributed by atoms with Crippen LogP contribution in [0.5, 0.6) is 11.5 Å². The molecule has 1 N–H and O–H groups in total. The first-order chi connectivity index (χ1) is 15.1. The summed E-state index contributed by atoms with van der Waals surface area (Å²) in [6, 6.07) is 12.0. The van der Waals surface area contributed by atoms with Crippen molar-refractivity contribution in [2.75, 3.05) is 52.5 Å². The number of rotatable bonds is 12. The van der Waals surface area contributed by atoms with Crippen LogP contribution in [0.3, 0.4) is 0 Å². The molecule has 7 heteroatoms. The van der Waals surface area contributed by atoms with E-state index in [9.17, 15) is 5.21 Å². The standard InChI is InChI=1S/C25H35N3O3.ClH/c1-5-27(6-2)13-15-30-19-9-11-21-22-12-10-20(31-16-14-28(7-3)8-4)18-24(22)25(26-29)23(21)17-19;/h9-12,17-18,29H,5-8,13-16H2,1-4H3;1H. The molecule has 1 aliphatic rings. The van der Waals surface area contributed by atoms with Gasteiger partial charge in [0.1, 0.15) is 30.4 Å². The molecular weight excluding hydrogens is 426 g/mol. The zero-order chi connectivity index (χ0) is 22.2. The number of hydrogen-bond acceptors (Lipinski definition) is 6. The average Bonchev–Trinajstić information content (AvgIpc) is 3.11. The first-order valence-electron chi connectivity index (χ1n) is 11.4. The van der Waals surface area contributed by atoms with Crippen molar-refractivity contribution in [2.45, 2.75) is 27.7 Å².